The third kappa shape index (κ3) is 5.41. The molecular formula is C24H24N2O6. The van der Waals surface area contributed by atoms with Crippen LogP contribution in [-0.2, 0) is 16.0 Å². The van der Waals surface area contributed by atoms with Crippen LogP contribution in [0.1, 0.15) is 5.56 Å². The van der Waals surface area contributed by atoms with Crippen molar-refractivity contribution in [2.24, 2.45) is 0 Å². The van der Waals surface area contributed by atoms with Gasteiger partial charge >= 0.3 is 18.0 Å². The van der Waals surface area contributed by atoms with E-state index in [1.54, 1.807) is 0 Å². The molecular weight excluding hydrogens is 412 g/mol. The summed E-state index contributed by atoms with van der Waals surface area (Å²) in [4.78, 5) is 35.5. The van der Waals surface area contributed by atoms with Gasteiger partial charge in [-0.15, -0.1) is 0 Å². The molecule has 8 nitrogen and oxygen atoms in total. The van der Waals surface area contributed by atoms with Crippen LogP contribution < -0.4 is 5.32 Å². The van der Waals surface area contributed by atoms with E-state index in [4.69, 9.17) is 5.11 Å². The summed E-state index contributed by atoms with van der Waals surface area (Å²) in [6, 6.07) is 19.6. The molecule has 0 fully saturated rings. The van der Waals surface area contributed by atoms with Crippen LogP contribution in [0, 0.1) is 0 Å². The van der Waals surface area contributed by atoms with Gasteiger partial charge in [0.25, 0.3) is 0 Å². The first-order valence-electron chi connectivity index (χ1n) is 9.98. The van der Waals surface area contributed by atoms with Gasteiger partial charge in [-0.25, -0.2) is 14.4 Å². The van der Waals surface area contributed by atoms with E-state index in [0.29, 0.717) is 0 Å². The standard InChI is InChI=1S/C24H24N2O6/c1-26(14-21(27)23(30)31)24(32)25-20(22(28)29)13-15-9-11-17(12-10-15)19-8-4-6-16-5-2-3-7-18(16)19/h2-12,20-21,27H,13-14H2,1H3,(H,25,32)(H,28,29)(H,30,31)/t20-,21?/m0/s1. The average Bonchev–Trinajstić information content (AvgIpc) is 2.78. The highest BCUT2D eigenvalue weighted by atomic mass is 16.4. The van der Waals surface area contributed by atoms with Gasteiger partial charge in [0.15, 0.2) is 6.10 Å². The van der Waals surface area contributed by atoms with Crippen molar-refractivity contribution in [3.8, 4) is 11.1 Å². The molecule has 2 atom stereocenters. The Morgan fingerprint density at radius 1 is 0.906 bits per heavy atom. The molecule has 0 aliphatic carbocycles. The minimum absolute atomic E-state index is 0.0478. The van der Waals surface area contributed by atoms with Crippen molar-refractivity contribution in [1.82, 2.24) is 10.2 Å². The predicted octanol–water partition coefficient (Wildman–Crippen LogP) is 2.59. The van der Waals surface area contributed by atoms with Crippen LogP contribution in [0.15, 0.2) is 66.7 Å². The second kappa shape index (κ2) is 9.93. The number of fused-ring (bicyclic) bond motifs is 1. The number of carbonyl (C=O) groups excluding carboxylic acids is 1. The van der Waals surface area contributed by atoms with Crippen LogP contribution in [0.5, 0.6) is 0 Å². The zero-order valence-electron chi connectivity index (χ0n) is 17.4. The molecule has 0 heterocycles. The molecule has 0 spiro atoms. The molecule has 4 N–H and O–H groups in total. The Morgan fingerprint density at radius 2 is 1.56 bits per heavy atom. The Hall–Kier alpha value is -3.91. The number of benzene rings is 3. The van der Waals surface area contributed by atoms with E-state index in [9.17, 15) is 24.6 Å². The Morgan fingerprint density at radius 3 is 2.22 bits per heavy atom. The molecule has 166 valence electrons. The van der Waals surface area contributed by atoms with E-state index in [1.807, 2.05) is 66.7 Å². The van der Waals surface area contributed by atoms with Crippen LogP contribution in [-0.4, -0.2) is 63.9 Å². The van der Waals surface area contributed by atoms with E-state index < -0.39 is 36.7 Å². The number of rotatable bonds is 8. The van der Waals surface area contributed by atoms with Crippen LogP contribution in [0.2, 0.25) is 0 Å². The Labute approximate surface area is 184 Å². The smallest absolute Gasteiger partial charge is 0.334 e. The van der Waals surface area contributed by atoms with Crippen molar-refractivity contribution >= 4 is 28.7 Å². The SMILES string of the molecule is CN(CC(O)C(=O)O)C(=O)N[C@@H](Cc1ccc(-c2cccc3ccccc23)cc1)C(=O)O. The highest BCUT2D eigenvalue weighted by Crippen LogP contribution is 2.28. The van der Waals surface area contributed by atoms with Gasteiger partial charge in [-0.1, -0.05) is 66.7 Å². The molecule has 0 radical (unpaired) electrons. The molecule has 0 bridgehead atoms. The number of amides is 2. The number of aliphatic hydroxyl groups is 1. The maximum absolute atomic E-state index is 12.2. The monoisotopic (exact) mass is 436 g/mol. The van der Waals surface area contributed by atoms with Gasteiger partial charge in [0.05, 0.1) is 6.54 Å². The lowest BCUT2D eigenvalue weighted by Gasteiger charge is -2.22. The minimum Gasteiger partial charge on any atom is -0.480 e. The second-order valence-electron chi connectivity index (χ2n) is 7.50. The maximum Gasteiger partial charge on any atom is 0.334 e. The fourth-order valence-electron chi connectivity index (χ4n) is 3.41. The fourth-order valence-corrected chi connectivity index (χ4v) is 3.41. The summed E-state index contributed by atoms with van der Waals surface area (Å²) >= 11 is 0. The van der Waals surface area contributed by atoms with Crippen LogP contribution in [0.4, 0.5) is 4.79 Å². The highest BCUT2D eigenvalue weighted by Gasteiger charge is 2.24. The van der Waals surface area contributed by atoms with Crippen molar-refractivity contribution in [2.75, 3.05) is 13.6 Å². The van der Waals surface area contributed by atoms with E-state index in [2.05, 4.69) is 5.32 Å². The average molecular weight is 436 g/mol. The van der Waals surface area contributed by atoms with Crippen molar-refractivity contribution in [3.05, 3.63) is 72.3 Å². The maximum atomic E-state index is 12.2. The van der Waals surface area contributed by atoms with Gasteiger partial charge in [0, 0.05) is 13.5 Å². The second-order valence-corrected chi connectivity index (χ2v) is 7.50. The van der Waals surface area contributed by atoms with E-state index >= 15 is 0 Å². The topological polar surface area (TPSA) is 127 Å². The summed E-state index contributed by atoms with van der Waals surface area (Å²) in [6.45, 7) is -0.465. The number of hydrogen-bond donors (Lipinski definition) is 4. The van der Waals surface area contributed by atoms with Crippen LogP contribution in [0.25, 0.3) is 21.9 Å². The molecule has 3 rings (SSSR count). The molecule has 0 aliphatic rings. The van der Waals surface area contributed by atoms with Crippen molar-refractivity contribution in [2.45, 2.75) is 18.6 Å². The number of carboxylic acid groups (broad SMARTS) is 2. The predicted molar refractivity (Wildman–Crippen MR) is 119 cm³/mol. The molecule has 8 heteroatoms. The number of nitrogens with zero attached hydrogens (tertiary/aromatic N) is 1. The summed E-state index contributed by atoms with van der Waals surface area (Å²) in [5.41, 5.74) is 2.77. The number of nitrogens with one attached hydrogen (secondary N) is 1. The summed E-state index contributed by atoms with van der Waals surface area (Å²) in [5, 5.41) is 32.2. The van der Waals surface area contributed by atoms with Crippen molar-refractivity contribution in [1.29, 1.82) is 0 Å². The first kappa shape index (κ1) is 22.8. The van der Waals surface area contributed by atoms with E-state index in [1.165, 1.54) is 7.05 Å². The van der Waals surface area contributed by atoms with E-state index in [0.717, 1.165) is 32.4 Å². The number of likely N-dealkylation sites (N-methyl/N-ethyl adjacent to an activating group) is 1. The molecule has 0 aromatic heterocycles. The molecule has 3 aromatic carbocycles. The number of carboxylic acids is 2. The normalized spacial score (nSPS) is 12.7. The van der Waals surface area contributed by atoms with Gasteiger partial charge in [-0.05, 0) is 27.5 Å². The number of carbonyl (C=O) groups is 3. The van der Waals surface area contributed by atoms with Gasteiger partial charge in [0.2, 0.25) is 0 Å². The Balaban J connectivity index is 1.71. The summed E-state index contributed by atoms with van der Waals surface area (Å²) < 4.78 is 0. The molecule has 32 heavy (non-hydrogen) atoms. The minimum atomic E-state index is -1.75. The number of aliphatic carboxylic acids is 2. The number of urea groups is 1. The van der Waals surface area contributed by atoms with Crippen molar-refractivity contribution < 1.29 is 29.7 Å². The van der Waals surface area contributed by atoms with Crippen molar-refractivity contribution in [3.63, 3.8) is 0 Å². The Kier molecular flexibility index (Phi) is 7.07. The molecule has 1 unspecified atom stereocenters. The first-order chi connectivity index (χ1) is 15.3. The first-order valence-corrected chi connectivity index (χ1v) is 9.98. The lowest BCUT2D eigenvalue weighted by atomic mass is 9.96. The Bertz CT molecular complexity index is 1120. The number of aliphatic hydroxyl groups excluding tert-OH is 1. The zero-order chi connectivity index (χ0) is 23.3. The number of hydrogen-bond acceptors (Lipinski definition) is 4. The molecule has 3 aromatic rings. The lowest BCUT2D eigenvalue weighted by Crippen LogP contribution is -2.50. The third-order valence-electron chi connectivity index (χ3n) is 5.17. The zero-order valence-corrected chi connectivity index (χ0v) is 17.4. The highest BCUT2D eigenvalue weighted by molar-refractivity contribution is 5.96. The fraction of sp³-hybridized carbons (Fsp3) is 0.208. The summed E-state index contributed by atoms with van der Waals surface area (Å²) in [5.74, 6) is -2.69. The lowest BCUT2D eigenvalue weighted by molar-refractivity contribution is -0.147. The summed E-state index contributed by atoms with van der Waals surface area (Å²) in [6.07, 6.45) is -1.71. The summed E-state index contributed by atoms with van der Waals surface area (Å²) in [7, 11) is 1.28. The van der Waals surface area contributed by atoms with Gasteiger partial charge in [-0.2, -0.15) is 0 Å². The molecule has 2 amide bonds. The van der Waals surface area contributed by atoms with Crippen LogP contribution >= 0.6 is 0 Å². The molecule has 0 saturated heterocycles. The quantitative estimate of drug-likeness (QED) is 0.430. The van der Waals surface area contributed by atoms with Gasteiger partial charge < -0.3 is 25.5 Å². The van der Waals surface area contributed by atoms with Crippen LogP contribution in [0.3, 0.4) is 0 Å². The molecule has 0 aliphatic heterocycles. The largest absolute Gasteiger partial charge is 0.480 e. The van der Waals surface area contributed by atoms with E-state index in [-0.39, 0.29) is 6.42 Å². The van der Waals surface area contributed by atoms with Gasteiger partial charge in [-0.3, -0.25) is 0 Å². The van der Waals surface area contributed by atoms with Gasteiger partial charge in [0.1, 0.15) is 6.04 Å². The molecule has 0 saturated carbocycles. The third-order valence-corrected chi connectivity index (χ3v) is 5.17.